The Bertz CT molecular complexity index is 452. The number of piperidine rings is 1. The third kappa shape index (κ3) is 4.09. The van der Waals surface area contributed by atoms with Crippen molar-refractivity contribution < 1.29 is 9.53 Å². The number of nitrogens with zero attached hydrogens (tertiary/aromatic N) is 2. The topological polar surface area (TPSA) is 42.4 Å². The molecule has 1 aromatic rings. The zero-order chi connectivity index (χ0) is 13.7. The van der Waals surface area contributed by atoms with Gasteiger partial charge in [0.15, 0.2) is 0 Å². The van der Waals surface area contributed by atoms with Crippen LogP contribution in [0.3, 0.4) is 0 Å². The molecule has 4 nitrogen and oxygen atoms in total. The monoisotopic (exact) mass is 260 g/mol. The second kappa shape index (κ2) is 6.36. The van der Waals surface area contributed by atoms with E-state index in [0.29, 0.717) is 6.54 Å². The molecular weight excluding hydrogens is 240 g/mol. The minimum absolute atomic E-state index is 0.0747. The average molecular weight is 260 g/mol. The molecule has 0 N–H and O–H groups in total. The first-order valence-electron chi connectivity index (χ1n) is 6.65. The lowest BCUT2D eigenvalue weighted by atomic mass is 10.1. The van der Waals surface area contributed by atoms with Gasteiger partial charge >= 0.3 is 0 Å². The van der Waals surface area contributed by atoms with Gasteiger partial charge in [-0.1, -0.05) is 5.57 Å². The van der Waals surface area contributed by atoms with Crippen molar-refractivity contribution in [1.29, 1.82) is 0 Å². The van der Waals surface area contributed by atoms with E-state index < -0.39 is 0 Å². The van der Waals surface area contributed by atoms with Crippen LogP contribution in [0, 0.1) is 0 Å². The summed E-state index contributed by atoms with van der Waals surface area (Å²) in [6.45, 7) is 5.35. The number of pyridine rings is 1. The number of carbonyl (C=O) groups is 1. The van der Waals surface area contributed by atoms with Crippen LogP contribution in [0.2, 0.25) is 0 Å². The minimum atomic E-state index is 0.0747. The van der Waals surface area contributed by atoms with Crippen LogP contribution in [0.15, 0.2) is 36.2 Å². The predicted octanol–water partition coefficient (Wildman–Crippen LogP) is 2.42. The summed E-state index contributed by atoms with van der Waals surface area (Å²) in [6.07, 6.45) is 7.16. The van der Waals surface area contributed by atoms with E-state index >= 15 is 0 Å². The van der Waals surface area contributed by atoms with E-state index in [1.807, 2.05) is 30.9 Å². The number of likely N-dealkylation sites (tertiary alicyclic amines) is 1. The van der Waals surface area contributed by atoms with Crippen LogP contribution >= 0.6 is 0 Å². The summed E-state index contributed by atoms with van der Waals surface area (Å²) in [7, 11) is 0. The fourth-order valence-electron chi connectivity index (χ4n) is 2.18. The molecule has 1 saturated heterocycles. The summed E-state index contributed by atoms with van der Waals surface area (Å²) in [5, 5.41) is 0. The van der Waals surface area contributed by atoms with Crippen molar-refractivity contribution in [3.8, 4) is 5.75 Å². The lowest BCUT2D eigenvalue weighted by Gasteiger charge is -2.32. The van der Waals surface area contributed by atoms with Gasteiger partial charge in [-0.3, -0.25) is 9.78 Å². The van der Waals surface area contributed by atoms with Crippen molar-refractivity contribution in [1.82, 2.24) is 9.88 Å². The van der Waals surface area contributed by atoms with Crippen molar-refractivity contribution in [3.05, 3.63) is 36.2 Å². The third-order valence-corrected chi connectivity index (χ3v) is 3.05. The van der Waals surface area contributed by atoms with E-state index in [-0.39, 0.29) is 12.0 Å². The van der Waals surface area contributed by atoms with Gasteiger partial charge in [-0.15, -0.1) is 0 Å². The maximum Gasteiger partial charge on any atom is 0.246 e. The first kappa shape index (κ1) is 13.6. The summed E-state index contributed by atoms with van der Waals surface area (Å²) in [5.74, 6) is 0.902. The van der Waals surface area contributed by atoms with Gasteiger partial charge in [0.1, 0.15) is 11.9 Å². The normalized spacial score (nSPS) is 18.8. The molecule has 0 spiro atoms. The van der Waals surface area contributed by atoms with Crippen molar-refractivity contribution >= 4 is 5.91 Å². The molecule has 1 amide bonds. The number of amides is 1. The lowest BCUT2D eigenvalue weighted by molar-refractivity contribution is -0.128. The Morgan fingerprint density at radius 1 is 1.42 bits per heavy atom. The highest BCUT2D eigenvalue weighted by atomic mass is 16.5. The average Bonchev–Trinajstić information content (AvgIpc) is 2.39. The third-order valence-electron chi connectivity index (χ3n) is 3.05. The van der Waals surface area contributed by atoms with Crippen molar-refractivity contribution in [2.24, 2.45) is 0 Å². The van der Waals surface area contributed by atoms with Crippen LogP contribution in [0.5, 0.6) is 5.75 Å². The number of hydrogen-bond acceptors (Lipinski definition) is 3. The second-order valence-corrected chi connectivity index (χ2v) is 5.07. The van der Waals surface area contributed by atoms with Crippen molar-refractivity contribution in [2.45, 2.75) is 32.8 Å². The highest BCUT2D eigenvalue weighted by molar-refractivity contribution is 5.88. The first-order chi connectivity index (χ1) is 9.15. The molecular formula is C15H20N2O2. The fourth-order valence-corrected chi connectivity index (χ4v) is 2.18. The van der Waals surface area contributed by atoms with Crippen LogP contribution in [-0.2, 0) is 4.79 Å². The van der Waals surface area contributed by atoms with Crippen LogP contribution in [-0.4, -0.2) is 35.0 Å². The molecule has 0 saturated carbocycles. The highest BCUT2D eigenvalue weighted by Gasteiger charge is 2.23. The number of carbonyl (C=O) groups excluding carboxylic acids is 1. The number of rotatable bonds is 3. The van der Waals surface area contributed by atoms with Gasteiger partial charge in [0.25, 0.3) is 0 Å². The first-order valence-corrected chi connectivity index (χ1v) is 6.65. The highest BCUT2D eigenvalue weighted by Crippen LogP contribution is 2.18. The Balaban J connectivity index is 1.94. The van der Waals surface area contributed by atoms with Crippen LogP contribution in [0.4, 0.5) is 0 Å². The molecule has 2 heterocycles. The Hall–Kier alpha value is -1.84. The molecule has 1 fully saturated rings. The van der Waals surface area contributed by atoms with Gasteiger partial charge in [0, 0.05) is 25.0 Å². The quantitative estimate of drug-likeness (QED) is 0.784. The Morgan fingerprint density at radius 2 is 2.16 bits per heavy atom. The smallest absolute Gasteiger partial charge is 0.246 e. The summed E-state index contributed by atoms with van der Waals surface area (Å²) < 4.78 is 5.89. The summed E-state index contributed by atoms with van der Waals surface area (Å²) >= 11 is 0. The SMILES string of the molecule is CC(C)=CC(=O)N1CCCC(Oc2ccncc2)C1. The molecule has 102 valence electrons. The summed E-state index contributed by atoms with van der Waals surface area (Å²) in [5.41, 5.74) is 1.03. The Labute approximate surface area is 114 Å². The van der Waals surface area contributed by atoms with Gasteiger partial charge in [-0.05, 0) is 38.8 Å². The number of aromatic nitrogens is 1. The molecule has 1 aliphatic rings. The van der Waals surface area contributed by atoms with Crippen LogP contribution < -0.4 is 4.74 Å². The van der Waals surface area contributed by atoms with E-state index in [4.69, 9.17) is 4.74 Å². The summed E-state index contributed by atoms with van der Waals surface area (Å²) in [6, 6.07) is 3.69. The number of allylic oxidation sites excluding steroid dienone is 1. The molecule has 4 heteroatoms. The Kier molecular flexibility index (Phi) is 4.55. The van der Waals surface area contributed by atoms with E-state index in [9.17, 15) is 4.79 Å². The van der Waals surface area contributed by atoms with E-state index in [1.165, 1.54) is 0 Å². The zero-order valence-corrected chi connectivity index (χ0v) is 11.5. The fraction of sp³-hybridized carbons (Fsp3) is 0.467. The molecule has 1 unspecified atom stereocenters. The van der Waals surface area contributed by atoms with Gasteiger partial charge in [0.2, 0.25) is 5.91 Å². The van der Waals surface area contributed by atoms with Gasteiger partial charge < -0.3 is 9.64 Å². The lowest BCUT2D eigenvalue weighted by Crippen LogP contribution is -2.43. The van der Waals surface area contributed by atoms with E-state index in [0.717, 1.165) is 30.7 Å². The summed E-state index contributed by atoms with van der Waals surface area (Å²) in [4.78, 5) is 17.8. The Morgan fingerprint density at radius 3 is 2.84 bits per heavy atom. The number of hydrogen-bond donors (Lipinski definition) is 0. The van der Waals surface area contributed by atoms with Gasteiger partial charge in [0.05, 0.1) is 6.54 Å². The molecule has 0 aromatic carbocycles. The molecule has 0 bridgehead atoms. The van der Waals surface area contributed by atoms with Gasteiger partial charge in [-0.25, -0.2) is 0 Å². The largest absolute Gasteiger partial charge is 0.488 e. The van der Waals surface area contributed by atoms with Crippen molar-refractivity contribution in [3.63, 3.8) is 0 Å². The molecule has 1 aromatic heterocycles. The maximum atomic E-state index is 12.0. The predicted molar refractivity (Wildman–Crippen MR) is 73.9 cm³/mol. The van der Waals surface area contributed by atoms with E-state index in [1.54, 1.807) is 18.5 Å². The van der Waals surface area contributed by atoms with Crippen LogP contribution in [0.1, 0.15) is 26.7 Å². The second-order valence-electron chi connectivity index (χ2n) is 5.07. The maximum absolute atomic E-state index is 12.0. The molecule has 0 aliphatic carbocycles. The molecule has 0 radical (unpaired) electrons. The molecule has 1 atom stereocenters. The molecule has 2 rings (SSSR count). The van der Waals surface area contributed by atoms with Gasteiger partial charge in [-0.2, -0.15) is 0 Å². The minimum Gasteiger partial charge on any atom is -0.488 e. The van der Waals surface area contributed by atoms with Crippen molar-refractivity contribution in [2.75, 3.05) is 13.1 Å². The molecule has 1 aliphatic heterocycles. The standard InChI is InChI=1S/C15H20N2O2/c1-12(2)10-15(18)17-9-3-4-14(11-17)19-13-5-7-16-8-6-13/h5-8,10,14H,3-4,9,11H2,1-2H3. The van der Waals surface area contributed by atoms with E-state index in [2.05, 4.69) is 4.98 Å². The number of ether oxygens (including phenoxy) is 1. The van der Waals surface area contributed by atoms with Crippen LogP contribution in [0.25, 0.3) is 0 Å². The zero-order valence-electron chi connectivity index (χ0n) is 11.5. The molecule has 19 heavy (non-hydrogen) atoms.